The summed E-state index contributed by atoms with van der Waals surface area (Å²) in [7, 11) is 0. The zero-order valence-corrected chi connectivity index (χ0v) is 7.35. The SMILES string of the molecule is C=C[CH2][Na].CC(=O)O. The third-order valence-electron chi connectivity index (χ3n) is 0.289. The number of aliphatic carboxylic acids is 1. The Morgan fingerprint density at radius 1 is 2.00 bits per heavy atom. The summed E-state index contributed by atoms with van der Waals surface area (Å²) in [5.41, 5.74) is 0. The Morgan fingerprint density at radius 2 is 2.12 bits per heavy atom. The standard InChI is InChI=1S/C3H5.C2H4O2.Na/c1-3-2;1-2(3)4;/h3H,1-2H2;1H3,(H,3,4);. The first-order chi connectivity index (χ1) is 3.65. The fraction of sp³-hybridized carbons (Fsp3) is 0.400. The quantitative estimate of drug-likeness (QED) is 0.415. The fourth-order valence-corrected chi connectivity index (χ4v) is 0. The van der Waals surface area contributed by atoms with Gasteiger partial charge in [0.1, 0.15) is 0 Å². The van der Waals surface area contributed by atoms with Crippen LogP contribution >= 0.6 is 0 Å². The van der Waals surface area contributed by atoms with E-state index in [0.717, 1.165) is 6.92 Å². The molecule has 1 N–H and O–H groups in total. The number of allylic oxidation sites excluding steroid dienone is 1. The summed E-state index contributed by atoms with van der Waals surface area (Å²) in [6.07, 6.45) is 1.94. The van der Waals surface area contributed by atoms with Gasteiger partial charge in [0.2, 0.25) is 0 Å². The summed E-state index contributed by atoms with van der Waals surface area (Å²) in [5.74, 6) is -0.833. The van der Waals surface area contributed by atoms with E-state index in [9.17, 15) is 0 Å². The molecule has 0 saturated heterocycles. The van der Waals surface area contributed by atoms with Crippen LogP contribution in [0.25, 0.3) is 0 Å². The average molecular weight is 124 g/mol. The van der Waals surface area contributed by atoms with Crippen molar-refractivity contribution in [2.75, 3.05) is 0 Å². The average Bonchev–Trinajstić information content (AvgIpc) is 1.65. The van der Waals surface area contributed by atoms with Crippen LogP contribution in [0.15, 0.2) is 12.7 Å². The number of hydrogen-bond acceptors (Lipinski definition) is 1. The molecule has 0 bridgehead atoms. The molecule has 8 heavy (non-hydrogen) atoms. The molecule has 0 aliphatic rings. The van der Waals surface area contributed by atoms with E-state index in [-0.39, 0.29) is 0 Å². The van der Waals surface area contributed by atoms with Gasteiger partial charge in [0.15, 0.2) is 0 Å². The molecule has 0 aromatic carbocycles. The molecule has 0 aromatic rings. The predicted molar refractivity (Wildman–Crippen MR) is 34.1 cm³/mol. The molecule has 0 fully saturated rings. The van der Waals surface area contributed by atoms with Gasteiger partial charge in [-0.15, -0.1) is 0 Å². The Balaban J connectivity index is 0. The zero-order valence-electron chi connectivity index (χ0n) is 5.35. The summed E-state index contributed by atoms with van der Waals surface area (Å²) >= 11 is 1.27. The first kappa shape index (κ1) is 11.1. The summed E-state index contributed by atoms with van der Waals surface area (Å²) in [6, 6.07) is 0. The largest absolute Gasteiger partial charge is 0.481 e. The van der Waals surface area contributed by atoms with Crippen LogP contribution in [-0.2, 0) is 4.79 Å². The Bertz CT molecular complexity index is 66.8. The van der Waals surface area contributed by atoms with E-state index in [1.165, 1.54) is 31.6 Å². The molecular formula is C5H9NaO2. The summed E-state index contributed by atoms with van der Waals surface area (Å²) in [4.78, 5) is 9.00. The molecule has 0 aliphatic heterocycles. The van der Waals surface area contributed by atoms with E-state index in [4.69, 9.17) is 9.90 Å². The molecule has 42 valence electrons. The molecule has 0 radical (unpaired) electrons. The van der Waals surface area contributed by atoms with Gasteiger partial charge in [0.25, 0.3) is 5.97 Å². The monoisotopic (exact) mass is 124 g/mol. The molecule has 0 spiro atoms. The Labute approximate surface area is 67.0 Å². The van der Waals surface area contributed by atoms with Crippen LogP contribution in [0.5, 0.6) is 0 Å². The van der Waals surface area contributed by atoms with E-state index in [1.807, 2.05) is 6.08 Å². The van der Waals surface area contributed by atoms with Gasteiger partial charge in [0, 0.05) is 6.92 Å². The fourth-order valence-electron chi connectivity index (χ4n) is 0. The molecule has 0 atom stereocenters. The number of rotatable bonds is 1. The van der Waals surface area contributed by atoms with Gasteiger partial charge in [-0.25, -0.2) is 0 Å². The maximum Gasteiger partial charge on any atom is 0.300 e. The number of carboxylic acids is 1. The molecule has 0 unspecified atom stereocenters. The van der Waals surface area contributed by atoms with Crippen molar-refractivity contribution in [3.05, 3.63) is 12.7 Å². The van der Waals surface area contributed by atoms with E-state index >= 15 is 0 Å². The molecule has 0 rings (SSSR count). The zero-order chi connectivity index (χ0) is 6.99. The smallest absolute Gasteiger partial charge is 0.300 e. The third kappa shape index (κ3) is 115. The number of hydrogen-bond donors (Lipinski definition) is 1. The van der Waals surface area contributed by atoms with Crippen LogP contribution in [0, 0.1) is 0 Å². The first-order valence-electron chi connectivity index (χ1n) is 2.45. The van der Waals surface area contributed by atoms with Crippen LogP contribution in [0.3, 0.4) is 0 Å². The Kier molecular flexibility index (Phi) is 14.2. The molecule has 0 amide bonds. The van der Waals surface area contributed by atoms with Crippen molar-refractivity contribution in [2.24, 2.45) is 0 Å². The molecule has 0 heterocycles. The number of carbonyl (C=O) groups is 1. The minimum absolute atomic E-state index is 0.833. The summed E-state index contributed by atoms with van der Waals surface area (Å²) in [6.45, 7) is 4.60. The Morgan fingerprint density at radius 3 is 2.12 bits per heavy atom. The minimum Gasteiger partial charge on any atom is -0.481 e. The second-order valence-electron chi connectivity index (χ2n) is 1.22. The van der Waals surface area contributed by atoms with Crippen molar-refractivity contribution in [3.63, 3.8) is 0 Å². The molecular weight excluding hydrogens is 115 g/mol. The van der Waals surface area contributed by atoms with Crippen molar-refractivity contribution in [3.8, 4) is 0 Å². The van der Waals surface area contributed by atoms with Crippen LogP contribution in [0.4, 0.5) is 0 Å². The van der Waals surface area contributed by atoms with E-state index in [2.05, 4.69) is 6.58 Å². The molecule has 0 saturated carbocycles. The van der Waals surface area contributed by atoms with Crippen molar-refractivity contribution in [1.29, 1.82) is 0 Å². The Hall–Kier alpha value is 0.210. The van der Waals surface area contributed by atoms with Crippen LogP contribution in [-0.4, -0.2) is 39.0 Å². The molecule has 3 heteroatoms. The second kappa shape index (κ2) is 10.2. The molecule has 0 aliphatic carbocycles. The third-order valence-corrected chi connectivity index (χ3v) is 0.866. The van der Waals surface area contributed by atoms with Crippen LogP contribution in [0.2, 0.25) is 3.67 Å². The van der Waals surface area contributed by atoms with Gasteiger partial charge in [-0.1, -0.05) is 0 Å². The number of carboxylic acid groups (broad SMARTS) is 1. The van der Waals surface area contributed by atoms with Crippen molar-refractivity contribution in [1.82, 2.24) is 0 Å². The first-order valence-corrected chi connectivity index (χ1v) is 3.87. The van der Waals surface area contributed by atoms with Gasteiger partial charge < -0.3 is 5.11 Å². The van der Waals surface area contributed by atoms with E-state index in [1.54, 1.807) is 0 Å². The van der Waals surface area contributed by atoms with Gasteiger partial charge in [-0.2, -0.15) is 0 Å². The van der Waals surface area contributed by atoms with E-state index < -0.39 is 5.97 Å². The van der Waals surface area contributed by atoms with E-state index in [0.29, 0.717) is 0 Å². The predicted octanol–water partition coefficient (Wildman–Crippen LogP) is 0.850. The van der Waals surface area contributed by atoms with Crippen molar-refractivity contribution >= 4 is 33.9 Å². The van der Waals surface area contributed by atoms with Gasteiger partial charge >= 0.3 is 44.3 Å². The van der Waals surface area contributed by atoms with Gasteiger partial charge in [-0.05, 0) is 0 Å². The van der Waals surface area contributed by atoms with Gasteiger partial charge in [-0.3, -0.25) is 4.79 Å². The normalized spacial score (nSPS) is 6.38. The van der Waals surface area contributed by atoms with Crippen molar-refractivity contribution in [2.45, 2.75) is 10.6 Å². The van der Waals surface area contributed by atoms with Crippen LogP contribution in [0.1, 0.15) is 6.92 Å². The van der Waals surface area contributed by atoms with Gasteiger partial charge in [0.05, 0.1) is 0 Å². The molecule has 0 aromatic heterocycles. The maximum absolute atomic E-state index is 9.00. The second-order valence-corrected chi connectivity index (χ2v) is 2.03. The maximum atomic E-state index is 9.00. The van der Waals surface area contributed by atoms with Crippen molar-refractivity contribution < 1.29 is 9.90 Å². The summed E-state index contributed by atoms with van der Waals surface area (Å²) < 4.78 is 1.22. The van der Waals surface area contributed by atoms with Crippen LogP contribution < -0.4 is 0 Å². The minimum atomic E-state index is -0.833. The summed E-state index contributed by atoms with van der Waals surface area (Å²) in [5, 5.41) is 7.42. The topological polar surface area (TPSA) is 37.3 Å². The molecule has 2 nitrogen and oxygen atoms in total.